The number of urea groups is 1. The summed E-state index contributed by atoms with van der Waals surface area (Å²) in [5, 5.41) is 0. The third-order valence-electron chi connectivity index (χ3n) is 4.03. The molecule has 0 radical (unpaired) electrons. The highest BCUT2D eigenvalue weighted by Gasteiger charge is 2.37. The number of carbonyl (C=O) groups is 1. The van der Waals surface area contributed by atoms with Crippen molar-refractivity contribution in [2.75, 3.05) is 32.8 Å². The van der Waals surface area contributed by atoms with Gasteiger partial charge in [0.15, 0.2) is 0 Å². The van der Waals surface area contributed by atoms with Crippen LogP contribution in [0, 0.1) is 5.41 Å². The minimum atomic E-state index is 0.169. The molecule has 104 valence electrons. The fourth-order valence-electron chi connectivity index (χ4n) is 3.00. The molecular formula is C14H26N2O2. The summed E-state index contributed by atoms with van der Waals surface area (Å²) in [4.78, 5) is 16.7. The number of hydrogen-bond acceptors (Lipinski definition) is 2. The Morgan fingerprint density at radius 2 is 1.78 bits per heavy atom. The lowest BCUT2D eigenvalue weighted by Gasteiger charge is -2.45. The highest BCUT2D eigenvalue weighted by Crippen LogP contribution is 2.32. The molecule has 2 amide bonds. The second-order valence-electron chi connectivity index (χ2n) is 6.45. The Kier molecular flexibility index (Phi) is 4.15. The molecule has 2 aliphatic rings. The molecule has 0 saturated carbocycles. The maximum atomic E-state index is 12.6. The topological polar surface area (TPSA) is 32.8 Å². The second kappa shape index (κ2) is 5.47. The van der Waals surface area contributed by atoms with Crippen LogP contribution in [-0.4, -0.2) is 54.7 Å². The van der Waals surface area contributed by atoms with Crippen LogP contribution in [0.1, 0.15) is 40.0 Å². The average Bonchev–Trinajstić information content (AvgIpc) is 2.38. The normalized spacial score (nSPS) is 26.3. The number of ether oxygens (including phenoxy) is 1. The molecule has 4 nitrogen and oxygen atoms in total. The van der Waals surface area contributed by atoms with E-state index in [0.717, 1.165) is 32.5 Å². The van der Waals surface area contributed by atoms with Gasteiger partial charge in [-0.05, 0) is 24.7 Å². The average molecular weight is 254 g/mol. The number of rotatable bonds is 0. The summed E-state index contributed by atoms with van der Waals surface area (Å²) in [6, 6.07) is 0.597. The van der Waals surface area contributed by atoms with Gasteiger partial charge in [-0.25, -0.2) is 4.79 Å². The predicted octanol–water partition coefficient (Wildman–Crippen LogP) is 2.34. The monoisotopic (exact) mass is 254 g/mol. The van der Waals surface area contributed by atoms with Crippen molar-refractivity contribution in [1.82, 2.24) is 9.80 Å². The third kappa shape index (κ3) is 2.97. The molecule has 4 heteroatoms. The number of likely N-dealkylation sites (tertiary alicyclic amines) is 1. The van der Waals surface area contributed by atoms with E-state index in [1.807, 2.05) is 4.90 Å². The van der Waals surface area contributed by atoms with E-state index in [0.29, 0.717) is 19.3 Å². The Labute approximate surface area is 110 Å². The number of morpholine rings is 1. The molecule has 0 aromatic carbocycles. The highest BCUT2D eigenvalue weighted by atomic mass is 16.5. The molecule has 2 fully saturated rings. The summed E-state index contributed by atoms with van der Waals surface area (Å²) in [7, 11) is 0. The molecule has 2 rings (SSSR count). The van der Waals surface area contributed by atoms with Crippen LogP contribution in [0.2, 0.25) is 0 Å². The van der Waals surface area contributed by atoms with E-state index in [4.69, 9.17) is 4.74 Å². The zero-order valence-electron chi connectivity index (χ0n) is 11.9. The second-order valence-corrected chi connectivity index (χ2v) is 6.45. The van der Waals surface area contributed by atoms with Gasteiger partial charge in [0.1, 0.15) is 0 Å². The van der Waals surface area contributed by atoms with Gasteiger partial charge in [-0.2, -0.15) is 0 Å². The van der Waals surface area contributed by atoms with Crippen molar-refractivity contribution in [2.45, 2.75) is 46.1 Å². The molecule has 0 spiro atoms. The fraction of sp³-hybridized carbons (Fsp3) is 0.929. The van der Waals surface area contributed by atoms with Crippen LogP contribution in [0.4, 0.5) is 4.79 Å². The molecule has 0 aromatic rings. The lowest BCUT2D eigenvalue weighted by molar-refractivity contribution is 0.0229. The smallest absolute Gasteiger partial charge is 0.320 e. The van der Waals surface area contributed by atoms with E-state index in [1.165, 1.54) is 6.42 Å². The predicted molar refractivity (Wildman–Crippen MR) is 71.6 cm³/mol. The number of amides is 2. The van der Waals surface area contributed by atoms with Gasteiger partial charge >= 0.3 is 6.03 Å². The first-order valence-electron chi connectivity index (χ1n) is 7.13. The first kappa shape index (κ1) is 13.7. The Morgan fingerprint density at radius 1 is 1.11 bits per heavy atom. The van der Waals surface area contributed by atoms with Crippen LogP contribution in [-0.2, 0) is 4.74 Å². The molecule has 1 unspecified atom stereocenters. The van der Waals surface area contributed by atoms with Crippen molar-refractivity contribution in [3.63, 3.8) is 0 Å². The molecule has 0 aliphatic carbocycles. The van der Waals surface area contributed by atoms with E-state index < -0.39 is 0 Å². The minimum Gasteiger partial charge on any atom is -0.378 e. The first-order chi connectivity index (χ1) is 8.50. The van der Waals surface area contributed by atoms with Crippen molar-refractivity contribution in [2.24, 2.45) is 5.41 Å². The summed E-state index contributed by atoms with van der Waals surface area (Å²) in [6.07, 6.45) is 3.52. The van der Waals surface area contributed by atoms with Gasteiger partial charge in [0, 0.05) is 25.7 Å². The Bertz CT molecular complexity index is 293. The first-order valence-corrected chi connectivity index (χ1v) is 7.13. The minimum absolute atomic E-state index is 0.169. The molecule has 18 heavy (non-hydrogen) atoms. The summed E-state index contributed by atoms with van der Waals surface area (Å²) in [5.74, 6) is 0. The van der Waals surface area contributed by atoms with Crippen molar-refractivity contribution in [3.05, 3.63) is 0 Å². The lowest BCUT2D eigenvalue weighted by Crippen LogP contribution is -2.56. The van der Waals surface area contributed by atoms with Crippen LogP contribution in [0.5, 0.6) is 0 Å². The van der Waals surface area contributed by atoms with Crippen LogP contribution in [0.25, 0.3) is 0 Å². The Morgan fingerprint density at radius 3 is 2.39 bits per heavy atom. The van der Waals surface area contributed by atoms with Crippen molar-refractivity contribution in [1.29, 1.82) is 0 Å². The SMILES string of the molecule is CC(C)(C)C1CCCCN1C(=O)N1CCOCC1. The Hall–Kier alpha value is -0.770. The van der Waals surface area contributed by atoms with Crippen LogP contribution < -0.4 is 0 Å². The van der Waals surface area contributed by atoms with E-state index >= 15 is 0 Å². The molecular weight excluding hydrogens is 228 g/mol. The van der Waals surface area contributed by atoms with Crippen molar-refractivity contribution >= 4 is 6.03 Å². The summed E-state index contributed by atoms with van der Waals surface area (Å²) >= 11 is 0. The van der Waals surface area contributed by atoms with Crippen LogP contribution >= 0.6 is 0 Å². The number of hydrogen-bond donors (Lipinski definition) is 0. The maximum absolute atomic E-state index is 12.6. The van der Waals surface area contributed by atoms with Gasteiger partial charge in [0.2, 0.25) is 0 Å². The number of nitrogens with zero attached hydrogens (tertiary/aromatic N) is 2. The molecule has 0 bridgehead atoms. The van der Waals surface area contributed by atoms with E-state index in [1.54, 1.807) is 0 Å². The Balaban J connectivity index is 2.05. The maximum Gasteiger partial charge on any atom is 0.320 e. The summed E-state index contributed by atoms with van der Waals surface area (Å²) in [6.45, 7) is 10.5. The standard InChI is InChI=1S/C14H26N2O2/c1-14(2,3)12-6-4-5-7-16(12)13(17)15-8-10-18-11-9-15/h12H,4-11H2,1-3H3. The van der Waals surface area contributed by atoms with Crippen molar-refractivity contribution < 1.29 is 9.53 Å². The summed E-state index contributed by atoms with van der Waals surface area (Å²) < 4.78 is 5.32. The van der Waals surface area contributed by atoms with Crippen molar-refractivity contribution in [3.8, 4) is 0 Å². The third-order valence-corrected chi connectivity index (χ3v) is 4.03. The van der Waals surface area contributed by atoms with Gasteiger partial charge in [-0.3, -0.25) is 0 Å². The van der Waals surface area contributed by atoms with E-state index in [-0.39, 0.29) is 11.4 Å². The molecule has 2 saturated heterocycles. The molecule has 0 aromatic heterocycles. The molecule has 0 N–H and O–H groups in total. The lowest BCUT2D eigenvalue weighted by atomic mass is 9.81. The zero-order chi connectivity index (χ0) is 13.2. The highest BCUT2D eigenvalue weighted by molar-refractivity contribution is 5.75. The van der Waals surface area contributed by atoms with Gasteiger partial charge < -0.3 is 14.5 Å². The van der Waals surface area contributed by atoms with Gasteiger partial charge in [-0.1, -0.05) is 20.8 Å². The molecule has 2 aliphatic heterocycles. The van der Waals surface area contributed by atoms with Gasteiger partial charge in [0.05, 0.1) is 13.2 Å². The zero-order valence-corrected chi connectivity index (χ0v) is 11.9. The quantitative estimate of drug-likeness (QED) is 0.664. The number of piperidine rings is 1. The molecule has 1 atom stereocenters. The van der Waals surface area contributed by atoms with Crippen LogP contribution in [0.3, 0.4) is 0 Å². The number of carbonyl (C=O) groups excluding carboxylic acids is 1. The largest absolute Gasteiger partial charge is 0.378 e. The van der Waals surface area contributed by atoms with Gasteiger partial charge in [0.25, 0.3) is 0 Å². The summed E-state index contributed by atoms with van der Waals surface area (Å²) in [5.41, 5.74) is 0.169. The molecule has 2 heterocycles. The van der Waals surface area contributed by atoms with E-state index in [2.05, 4.69) is 25.7 Å². The van der Waals surface area contributed by atoms with Crippen LogP contribution in [0.15, 0.2) is 0 Å². The fourth-order valence-corrected chi connectivity index (χ4v) is 3.00. The van der Waals surface area contributed by atoms with E-state index in [9.17, 15) is 4.79 Å². The van der Waals surface area contributed by atoms with Gasteiger partial charge in [-0.15, -0.1) is 0 Å².